The van der Waals surface area contributed by atoms with E-state index >= 15 is 0 Å². The number of para-hydroxylation sites is 1. The van der Waals surface area contributed by atoms with Crippen molar-refractivity contribution in [1.29, 1.82) is 5.26 Å². The van der Waals surface area contributed by atoms with Gasteiger partial charge >= 0.3 is 0 Å². The van der Waals surface area contributed by atoms with E-state index in [0.717, 1.165) is 5.56 Å². The Morgan fingerprint density at radius 2 is 1.72 bits per heavy atom. The fourth-order valence-electron chi connectivity index (χ4n) is 2.73. The standard InChI is InChI=1S/C23H18ClN3O4S/c24-21-7-3-1-6-17(21)15-31-22-8-4-2-5-16(22)13-18(14-25)23(28)27-19-9-11-20(12-10-19)32(26,29)30/h1-13H,15H2,(H,27,28)(H2,26,29,30). The number of halogens is 1. The molecule has 0 aliphatic heterocycles. The zero-order valence-electron chi connectivity index (χ0n) is 16.7. The number of ether oxygens (including phenoxy) is 1. The van der Waals surface area contributed by atoms with Gasteiger partial charge in [-0.05, 0) is 42.5 Å². The van der Waals surface area contributed by atoms with E-state index in [9.17, 15) is 18.5 Å². The summed E-state index contributed by atoms with van der Waals surface area (Å²) >= 11 is 6.16. The molecule has 0 aliphatic rings. The molecule has 0 unspecified atom stereocenters. The van der Waals surface area contributed by atoms with Crippen molar-refractivity contribution in [2.75, 3.05) is 5.32 Å². The lowest BCUT2D eigenvalue weighted by Gasteiger charge is -2.11. The molecule has 0 aliphatic carbocycles. The summed E-state index contributed by atoms with van der Waals surface area (Å²) in [6.07, 6.45) is 1.41. The summed E-state index contributed by atoms with van der Waals surface area (Å²) in [4.78, 5) is 12.5. The minimum atomic E-state index is -3.84. The molecule has 3 N–H and O–H groups in total. The number of nitrogens with zero attached hydrogens (tertiary/aromatic N) is 1. The molecule has 0 fully saturated rings. The van der Waals surface area contributed by atoms with Crippen LogP contribution in [0.5, 0.6) is 5.75 Å². The molecular formula is C23H18ClN3O4S. The van der Waals surface area contributed by atoms with Crippen LogP contribution in [0.4, 0.5) is 5.69 Å². The highest BCUT2D eigenvalue weighted by Crippen LogP contribution is 2.24. The van der Waals surface area contributed by atoms with Gasteiger partial charge in [-0.3, -0.25) is 4.79 Å². The predicted molar refractivity (Wildman–Crippen MR) is 122 cm³/mol. The first kappa shape index (κ1) is 23.0. The Kier molecular flexibility index (Phi) is 7.28. The van der Waals surface area contributed by atoms with Gasteiger partial charge in [0.1, 0.15) is 24.0 Å². The van der Waals surface area contributed by atoms with Crippen molar-refractivity contribution in [3.63, 3.8) is 0 Å². The predicted octanol–water partition coefficient (Wildman–Crippen LogP) is 4.11. The average molecular weight is 468 g/mol. The van der Waals surface area contributed by atoms with Crippen LogP contribution in [-0.2, 0) is 21.4 Å². The third-order valence-electron chi connectivity index (χ3n) is 4.37. The fourth-order valence-corrected chi connectivity index (χ4v) is 3.44. The van der Waals surface area contributed by atoms with Gasteiger partial charge in [0.25, 0.3) is 5.91 Å². The second-order valence-corrected chi connectivity index (χ2v) is 8.58. The monoisotopic (exact) mass is 467 g/mol. The Labute approximate surface area is 190 Å². The third-order valence-corrected chi connectivity index (χ3v) is 5.66. The summed E-state index contributed by atoms with van der Waals surface area (Å²) in [6, 6.07) is 21.4. The van der Waals surface area contributed by atoms with E-state index in [2.05, 4.69) is 5.32 Å². The smallest absolute Gasteiger partial charge is 0.266 e. The van der Waals surface area contributed by atoms with Gasteiger partial charge in [0.2, 0.25) is 10.0 Å². The van der Waals surface area contributed by atoms with Gasteiger partial charge in [0.05, 0.1) is 4.90 Å². The van der Waals surface area contributed by atoms with Gasteiger partial charge in [-0.2, -0.15) is 5.26 Å². The molecule has 162 valence electrons. The first-order valence-electron chi connectivity index (χ1n) is 9.29. The van der Waals surface area contributed by atoms with E-state index in [1.807, 2.05) is 24.3 Å². The molecule has 3 aromatic carbocycles. The number of benzene rings is 3. The van der Waals surface area contributed by atoms with Crippen LogP contribution in [0.15, 0.2) is 83.3 Å². The summed E-state index contributed by atoms with van der Waals surface area (Å²) < 4.78 is 28.5. The minimum absolute atomic E-state index is 0.0869. The normalized spacial score (nSPS) is 11.5. The molecule has 1 amide bonds. The molecule has 0 heterocycles. The molecule has 0 bridgehead atoms. The van der Waals surface area contributed by atoms with Gasteiger partial charge in [-0.1, -0.05) is 48.0 Å². The second-order valence-electron chi connectivity index (χ2n) is 6.61. The van der Waals surface area contributed by atoms with Crippen LogP contribution >= 0.6 is 11.6 Å². The van der Waals surface area contributed by atoms with Crippen molar-refractivity contribution >= 4 is 39.3 Å². The third kappa shape index (κ3) is 5.95. The largest absolute Gasteiger partial charge is 0.488 e. The lowest BCUT2D eigenvalue weighted by atomic mass is 10.1. The molecule has 7 nitrogen and oxygen atoms in total. The summed E-state index contributed by atoms with van der Waals surface area (Å²) in [5.74, 6) is -0.178. The maximum atomic E-state index is 12.6. The number of anilines is 1. The molecule has 0 radical (unpaired) electrons. The molecule has 0 saturated carbocycles. The Balaban J connectivity index is 1.78. The topological polar surface area (TPSA) is 122 Å². The number of carbonyl (C=O) groups is 1. The Morgan fingerprint density at radius 3 is 2.38 bits per heavy atom. The summed E-state index contributed by atoms with van der Waals surface area (Å²) in [5, 5.41) is 17.7. The molecule has 32 heavy (non-hydrogen) atoms. The highest BCUT2D eigenvalue weighted by molar-refractivity contribution is 7.89. The van der Waals surface area contributed by atoms with Crippen molar-refractivity contribution in [1.82, 2.24) is 0 Å². The van der Waals surface area contributed by atoms with E-state index in [4.69, 9.17) is 21.5 Å². The number of sulfonamides is 1. The first-order chi connectivity index (χ1) is 15.3. The quantitative estimate of drug-likeness (QED) is 0.400. The number of nitrogens with two attached hydrogens (primary N) is 1. The van der Waals surface area contributed by atoms with Crippen LogP contribution in [0.3, 0.4) is 0 Å². The van der Waals surface area contributed by atoms with Crippen molar-refractivity contribution < 1.29 is 17.9 Å². The number of rotatable bonds is 7. The van der Waals surface area contributed by atoms with Crippen LogP contribution in [0.2, 0.25) is 5.02 Å². The maximum absolute atomic E-state index is 12.6. The minimum Gasteiger partial charge on any atom is -0.488 e. The van der Waals surface area contributed by atoms with Gasteiger partial charge in [0.15, 0.2) is 0 Å². The van der Waals surface area contributed by atoms with Crippen LogP contribution < -0.4 is 15.2 Å². The van der Waals surface area contributed by atoms with Crippen molar-refractivity contribution in [3.8, 4) is 11.8 Å². The van der Waals surface area contributed by atoms with Gasteiger partial charge in [-0.15, -0.1) is 0 Å². The van der Waals surface area contributed by atoms with Crippen molar-refractivity contribution in [2.24, 2.45) is 5.14 Å². The molecule has 0 spiro atoms. The van der Waals surface area contributed by atoms with Crippen molar-refractivity contribution in [3.05, 3.63) is 94.5 Å². The highest BCUT2D eigenvalue weighted by Gasteiger charge is 2.13. The van der Waals surface area contributed by atoms with Crippen LogP contribution in [0, 0.1) is 11.3 Å². The number of carbonyl (C=O) groups excluding carboxylic acids is 1. The fraction of sp³-hybridized carbons (Fsp3) is 0.0435. The number of hydrogen-bond acceptors (Lipinski definition) is 5. The zero-order chi connectivity index (χ0) is 23.1. The Morgan fingerprint density at radius 1 is 1.06 bits per heavy atom. The van der Waals surface area contributed by atoms with Crippen LogP contribution in [0.25, 0.3) is 6.08 Å². The van der Waals surface area contributed by atoms with E-state index in [1.165, 1.54) is 30.3 Å². The van der Waals surface area contributed by atoms with E-state index in [0.29, 0.717) is 22.0 Å². The van der Waals surface area contributed by atoms with E-state index in [-0.39, 0.29) is 17.1 Å². The molecule has 0 atom stereocenters. The summed E-state index contributed by atoms with van der Waals surface area (Å²) in [6.45, 7) is 0.217. The highest BCUT2D eigenvalue weighted by atomic mass is 35.5. The van der Waals surface area contributed by atoms with Crippen molar-refractivity contribution in [2.45, 2.75) is 11.5 Å². The first-order valence-corrected chi connectivity index (χ1v) is 11.2. The maximum Gasteiger partial charge on any atom is 0.266 e. The molecule has 9 heteroatoms. The number of hydrogen-bond donors (Lipinski definition) is 2. The van der Waals surface area contributed by atoms with Gasteiger partial charge in [0, 0.05) is 21.8 Å². The van der Waals surface area contributed by atoms with Gasteiger partial charge < -0.3 is 10.1 Å². The lowest BCUT2D eigenvalue weighted by Crippen LogP contribution is -2.14. The second kappa shape index (κ2) is 10.1. The van der Waals surface area contributed by atoms with E-state index < -0.39 is 15.9 Å². The molecule has 3 aromatic rings. The Bertz CT molecular complexity index is 1310. The van der Waals surface area contributed by atoms with E-state index in [1.54, 1.807) is 30.3 Å². The summed E-state index contributed by atoms with van der Waals surface area (Å²) in [5.41, 5.74) is 1.49. The lowest BCUT2D eigenvalue weighted by molar-refractivity contribution is -0.112. The SMILES string of the molecule is N#CC(=Cc1ccccc1OCc1ccccc1Cl)C(=O)Nc1ccc(S(N)(=O)=O)cc1. The number of nitriles is 1. The molecule has 0 saturated heterocycles. The number of amides is 1. The Hall–Kier alpha value is -3.64. The molecule has 0 aromatic heterocycles. The van der Waals surface area contributed by atoms with Crippen LogP contribution in [0.1, 0.15) is 11.1 Å². The number of nitrogens with one attached hydrogen (secondary N) is 1. The zero-order valence-corrected chi connectivity index (χ0v) is 18.2. The number of primary sulfonamides is 1. The summed E-state index contributed by atoms with van der Waals surface area (Å²) in [7, 11) is -3.84. The molecular weight excluding hydrogens is 450 g/mol. The van der Waals surface area contributed by atoms with Gasteiger partial charge in [-0.25, -0.2) is 13.6 Å². The molecule has 3 rings (SSSR count). The van der Waals surface area contributed by atoms with Crippen LogP contribution in [-0.4, -0.2) is 14.3 Å². The average Bonchev–Trinajstić information content (AvgIpc) is 2.77.